The van der Waals surface area contributed by atoms with E-state index >= 15 is 0 Å². The fourth-order valence-corrected chi connectivity index (χ4v) is 21.2. The molecule has 6 aromatic rings. The number of nitrogens with zero attached hydrogens (tertiary/aromatic N) is 3. The van der Waals surface area contributed by atoms with E-state index in [0.717, 1.165) is 96.3 Å². The Morgan fingerprint density at radius 3 is 0.867 bits per heavy atom. The van der Waals surface area contributed by atoms with Gasteiger partial charge in [-0.25, -0.2) is 13.7 Å². The highest BCUT2D eigenvalue weighted by Gasteiger charge is 2.57. The molecule has 0 spiro atoms. The summed E-state index contributed by atoms with van der Waals surface area (Å²) in [5, 5.41) is 67.1. The fourth-order valence-electron chi connectivity index (χ4n) is 14.5. The minimum absolute atomic E-state index is 0.0198. The van der Waals surface area contributed by atoms with Gasteiger partial charge in [-0.05, 0) is 207 Å². The molecule has 42 heteroatoms. The van der Waals surface area contributed by atoms with E-state index in [0.29, 0.717) is 15.1 Å². The highest BCUT2D eigenvalue weighted by molar-refractivity contribution is 7.71. The van der Waals surface area contributed by atoms with E-state index in [-0.39, 0.29) is 68.4 Å². The molecule has 33 nitrogen and oxygen atoms in total. The first-order valence-corrected chi connectivity index (χ1v) is 47.0. The highest BCUT2D eigenvalue weighted by Crippen LogP contribution is 2.55. The van der Waals surface area contributed by atoms with E-state index in [1.54, 1.807) is 57.2 Å². The third-order valence-electron chi connectivity index (χ3n) is 21.3. The van der Waals surface area contributed by atoms with Crippen LogP contribution >= 0.6 is 94.2 Å². The molecule has 0 radical (unpaired) electrons. The van der Waals surface area contributed by atoms with Crippen molar-refractivity contribution in [3.63, 3.8) is 0 Å². The predicted octanol–water partition coefficient (Wildman–Crippen LogP) is 13.1. The smallest absolute Gasteiger partial charge is 0.380 e. The Morgan fingerprint density at radius 2 is 0.650 bits per heavy atom. The van der Waals surface area contributed by atoms with Gasteiger partial charge in [0.15, 0.2) is 33.0 Å². The number of aromatic amines is 3. The molecule has 4 unspecified atom stereocenters. The maximum absolute atomic E-state index is 14.0. The number of hydrogen-bond donors (Lipinski definition) is 9. The van der Waals surface area contributed by atoms with Gasteiger partial charge in [0.05, 0.1) is 56.1 Å². The van der Waals surface area contributed by atoms with Gasteiger partial charge < -0.3 is 72.6 Å². The monoisotopic (exact) mass is 1850 g/mol. The lowest BCUT2D eigenvalue weighted by molar-refractivity contribution is -0.155. The Balaban J connectivity index is 0.000000189. The van der Waals surface area contributed by atoms with Gasteiger partial charge in [0.1, 0.15) is 89.0 Å². The lowest BCUT2D eigenvalue weighted by Crippen LogP contribution is -2.44. The van der Waals surface area contributed by atoms with Crippen LogP contribution in [-0.2, 0) is 70.1 Å². The van der Waals surface area contributed by atoms with Crippen molar-refractivity contribution in [1.29, 1.82) is 0 Å². The van der Waals surface area contributed by atoms with Crippen LogP contribution in [0.4, 0.5) is 0 Å². The molecule has 6 heterocycles. The Labute approximate surface area is 722 Å². The van der Waals surface area contributed by atoms with Crippen LogP contribution in [0, 0.1) is 32.1 Å². The van der Waals surface area contributed by atoms with Gasteiger partial charge in [0, 0.05) is 51.9 Å². The molecule has 3 aliphatic heterocycles. The van der Waals surface area contributed by atoms with Crippen LogP contribution in [0.2, 0.25) is 15.1 Å². The first-order valence-electron chi connectivity index (χ1n) is 39.4. The maximum atomic E-state index is 14.0. The summed E-state index contributed by atoms with van der Waals surface area (Å²) in [6.07, 6.45) is 5.25. The van der Waals surface area contributed by atoms with Crippen molar-refractivity contribution in [3.8, 4) is 17.2 Å². The number of aliphatic hydroxyl groups excluding tert-OH is 3. The van der Waals surface area contributed by atoms with Crippen LogP contribution in [-0.4, -0.2) is 187 Å². The number of carbonyl (C=O) groups excluding carboxylic acids is 3. The van der Waals surface area contributed by atoms with Gasteiger partial charge in [-0.3, -0.25) is 71.0 Å². The molecule has 3 saturated carbocycles. The van der Waals surface area contributed by atoms with Gasteiger partial charge in [-0.1, -0.05) is 74.8 Å². The molecule has 3 aromatic heterocycles. The topological polar surface area (TPSA) is 448 Å². The molecule has 3 saturated heterocycles. The van der Waals surface area contributed by atoms with E-state index in [1.165, 1.54) is 108 Å². The first-order chi connectivity index (χ1) is 56.6. The summed E-state index contributed by atoms with van der Waals surface area (Å²) >= 11 is 33.4. The van der Waals surface area contributed by atoms with Gasteiger partial charge >= 0.3 is 40.7 Å². The number of esters is 3. The van der Waals surface area contributed by atoms with E-state index in [2.05, 4.69) is 15.0 Å². The van der Waals surface area contributed by atoms with Crippen LogP contribution in [0.5, 0.6) is 17.2 Å². The predicted molar refractivity (Wildman–Crippen MR) is 447 cm³/mol. The number of ether oxygens (including phenoxy) is 6. The number of nitrogens with one attached hydrogen (secondary N) is 3. The second kappa shape index (κ2) is 42.2. The van der Waals surface area contributed by atoms with E-state index < -0.39 is 167 Å². The second-order valence-electron chi connectivity index (χ2n) is 31.3. The first kappa shape index (κ1) is 96.1. The van der Waals surface area contributed by atoms with Gasteiger partial charge in [0.25, 0.3) is 16.7 Å². The molecule has 6 fully saturated rings. The maximum Gasteiger partial charge on any atom is 0.380 e. The Morgan fingerprint density at radius 1 is 0.425 bits per heavy atom. The molecule has 3 aliphatic carbocycles. The molecule has 12 rings (SSSR count). The summed E-state index contributed by atoms with van der Waals surface area (Å²) < 4.78 is 115. The molecule has 9 N–H and O–H groups in total. The Hall–Kier alpha value is -6.15. The molecule has 120 heavy (non-hydrogen) atoms. The quantitative estimate of drug-likeness (QED) is 0.00875. The Bertz CT molecular complexity index is 4520. The van der Waals surface area contributed by atoms with Gasteiger partial charge in [-0.2, -0.15) is 0 Å². The normalized spacial score (nSPS) is 27.6. The van der Waals surface area contributed by atoms with Crippen molar-refractivity contribution in [3.05, 3.63) is 170 Å². The number of hydrogen-bond acceptors (Lipinski definition) is 30. The summed E-state index contributed by atoms with van der Waals surface area (Å²) in [6.45, 7) is 7.48. The zero-order chi connectivity index (χ0) is 87.2. The van der Waals surface area contributed by atoms with Crippen LogP contribution < -0.4 is 30.2 Å². The third-order valence-corrected chi connectivity index (χ3v) is 29.0. The van der Waals surface area contributed by atoms with Gasteiger partial charge in [-0.15, -0.1) is 0 Å². The number of aliphatic hydroxyl groups is 6. The van der Waals surface area contributed by atoms with Crippen molar-refractivity contribution < 1.29 is 114 Å². The van der Waals surface area contributed by atoms with Crippen LogP contribution in [0.3, 0.4) is 0 Å². The summed E-state index contributed by atoms with van der Waals surface area (Å²) in [6, 6.07) is 22.0. The van der Waals surface area contributed by atoms with E-state index in [4.69, 9.17) is 127 Å². The van der Waals surface area contributed by atoms with Crippen LogP contribution in [0.15, 0.2) is 124 Å². The largest absolute Gasteiger partial charge is 0.462 e. The van der Waals surface area contributed by atoms with Crippen molar-refractivity contribution in [2.45, 2.75) is 228 Å². The third kappa shape index (κ3) is 25.8. The van der Waals surface area contributed by atoms with Crippen LogP contribution in [0.25, 0.3) is 0 Å². The zero-order valence-corrected chi connectivity index (χ0v) is 74.1. The number of benzene rings is 3. The summed E-state index contributed by atoms with van der Waals surface area (Å²) in [4.78, 5) is 80.5. The number of rotatable bonds is 30. The van der Waals surface area contributed by atoms with Crippen molar-refractivity contribution in [1.82, 2.24) is 28.7 Å². The highest BCUT2D eigenvalue weighted by atomic mass is 35.5. The minimum Gasteiger partial charge on any atom is -0.462 e. The number of aromatic nitrogens is 6. The Kier molecular flexibility index (Phi) is 33.8. The number of H-pyrrole nitrogens is 3. The second-order valence-corrected chi connectivity index (χ2v) is 39.9. The van der Waals surface area contributed by atoms with Crippen molar-refractivity contribution in [2.24, 2.45) is 17.8 Å². The number of halogens is 3. The van der Waals surface area contributed by atoms with Crippen LogP contribution in [0.1, 0.15) is 157 Å². The zero-order valence-electron chi connectivity index (χ0n) is 66.7. The average Bonchev–Trinajstić information content (AvgIpc) is 1.62. The van der Waals surface area contributed by atoms with Crippen molar-refractivity contribution >= 4 is 112 Å². The minimum atomic E-state index is -4.04. The van der Waals surface area contributed by atoms with Crippen molar-refractivity contribution in [2.75, 3.05) is 38.3 Å². The van der Waals surface area contributed by atoms with E-state index in [1.807, 2.05) is 0 Å². The molecule has 0 bridgehead atoms. The number of carbonyl (C=O) groups is 3. The molecule has 3 aromatic carbocycles. The molecule has 6 aliphatic rings. The summed E-state index contributed by atoms with van der Waals surface area (Å²) in [5.41, 5.74) is -6.84. The molecule has 0 amide bonds. The molecular formula is C78H102Cl3N6O27P3S3. The van der Waals surface area contributed by atoms with E-state index in [9.17, 15) is 73.1 Å². The van der Waals surface area contributed by atoms with Gasteiger partial charge in [0.2, 0.25) is 0 Å². The lowest BCUT2D eigenvalue weighted by Gasteiger charge is -2.28. The standard InChI is InChI=1S/3C26H34ClN2O9PS/c3*1-16(23(32)36-18-6-4-3-5-7-18)15-39(34,38-19-10-8-17(27)9-11-19)35-14-20-22(31)26(2,33)24(37-20)29-13-12-21(30)28-25(29)40/h3*8-13,16,18,20,22,24,31,33H,3-7,14-15H2,1-2H3,(H,28,30,40)/t16-,20-,22+,24-,26?,39?;16-,20-,22+,24-,26?,39+;16-,20-,22+,24-,26?,39-/m111/s1. The lowest BCUT2D eigenvalue weighted by atomic mass is 9.96. The fraction of sp³-hybridized carbons (Fsp3) is 0.577. The SMILES string of the molecule is C[C@H](CP(=O)(OC[C@H]1O[C@@H](n2ccc(=O)[nH]c2=S)C(C)(O)[C@H]1O)Oc1ccc(Cl)cc1)C(=O)OC1CCCCC1.C[C@H](C[P@@](=O)(OC[C@H]1O[C@@H](n2ccc(=O)[nH]c2=S)C(C)(O)[C@H]1O)Oc1ccc(Cl)cc1)C(=O)OC1CCCCC1.C[C@H](C[P@](=O)(OC[C@H]1O[C@@H](n2ccc(=O)[nH]c2=S)C(C)(O)[C@H]1O)Oc1ccc(Cl)cc1)C(=O)OC1CCCCC1. The molecular weight excluding hydrogens is 1750 g/mol. The summed E-state index contributed by atoms with van der Waals surface area (Å²) in [5.74, 6) is -3.32. The molecule has 18 atom stereocenters. The average molecular weight is 1850 g/mol. The molecule has 660 valence electrons. The summed E-state index contributed by atoms with van der Waals surface area (Å²) in [7, 11) is -12.1.